The molecule has 0 spiro atoms. The van der Waals surface area contributed by atoms with Gasteiger partial charge in [-0.1, -0.05) is 52.8 Å². The molecule has 0 amide bonds. The molecule has 0 fully saturated rings. The Labute approximate surface area is 173 Å². The second-order valence-corrected chi connectivity index (χ2v) is 9.03. The molecule has 0 N–H and O–H groups in total. The minimum atomic E-state index is 0.316. The Hall–Kier alpha value is -2.20. The van der Waals surface area contributed by atoms with E-state index in [0.29, 0.717) is 12.1 Å². The normalized spacial score (nSPS) is 11.5. The molecule has 2 aromatic carbocycles. The molecule has 0 radical (unpaired) electrons. The van der Waals surface area contributed by atoms with Crippen molar-refractivity contribution in [3.05, 3.63) is 59.2 Å². The SMILES string of the molecule is Cc1cc(C)c(-c2noc(N(C(C)C)C(C)C)c2Sc2ccccc2)c(C)c1. The molecular weight excluding hydrogens is 364 g/mol. The third kappa shape index (κ3) is 4.12. The lowest BCUT2D eigenvalue weighted by atomic mass is 9.97. The first-order valence-corrected chi connectivity index (χ1v) is 10.7. The van der Waals surface area contributed by atoms with Crippen LogP contribution in [0.2, 0.25) is 0 Å². The number of aromatic nitrogens is 1. The monoisotopic (exact) mass is 394 g/mol. The van der Waals surface area contributed by atoms with Gasteiger partial charge < -0.3 is 9.42 Å². The van der Waals surface area contributed by atoms with Crippen molar-refractivity contribution in [2.75, 3.05) is 4.90 Å². The van der Waals surface area contributed by atoms with E-state index in [0.717, 1.165) is 16.5 Å². The fourth-order valence-electron chi connectivity index (χ4n) is 3.91. The number of benzene rings is 2. The van der Waals surface area contributed by atoms with E-state index in [2.05, 4.69) is 94.9 Å². The number of hydrogen-bond donors (Lipinski definition) is 0. The maximum Gasteiger partial charge on any atom is 0.242 e. The van der Waals surface area contributed by atoms with Crippen LogP contribution in [0.3, 0.4) is 0 Å². The van der Waals surface area contributed by atoms with Crippen molar-refractivity contribution < 1.29 is 4.52 Å². The van der Waals surface area contributed by atoms with Crippen LogP contribution in [0.1, 0.15) is 44.4 Å². The molecule has 1 heterocycles. The van der Waals surface area contributed by atoms with Crippen LogP contribution < -0.4 is 4.90 Å². The average molecular weight is 395 g/mol. The summed E-state index contributed by atoms with van der Waals surface area (Å²) >= 11 is 1.73. The van der Waals surface area contributed by atoms with E-state index in [1.165, 1.54) is 27.1 Å². The summed E-state index contributed by atoms with van der Waals surface area (Å²) < 4.78 is 6.00. The second kappa shape index (κ2) is 8.44. The van der Waals surface area contributed by atoms with Gasteiger partial charge in [0.1, 0.15) is 10.6 Å². The van der Waals surface area contributed by atoms with Crippen LogP contribution in [0, 0.1) is 20.8 Å². The smallest absolute Gasteiger partial charge is 0.242 e. The van der Waals surface area contributed by atoms with Crippen molar-refractivity contribution in [2.24, 2.45) is 0 Å². The van der Waals surface area contributed by atoms with E-state index in [4.69, 9.17) is 4.52 Å². The quantitative estimate of drug-likeness (QED) is 0.448. The lowest BCUT2D eigenvalue weighted by Gasteiger charge is -2.30. The van der Waals surface area contributed by atoms with Gasteiger partial charge >= 0.3 is 0 Å². The van der Waals surface area contributed by atoms with Crippen molar-refractivity contribution in [1.29, 1.82) is 0 Å². The van der Waals surface area contributed by atoms with Gasteiger partial charge in [0.15, 0.2) is 0 Å². The fourth-order valence-corrected chi connectivity index (χ4v) is 4.91. The first-order chi connectivity index (χ1) is 13.3. The predicted molar refractivity (Wildman–Crippen MR) is 119 cm³/mol. The van der Waals surface area contributed by atoms with Crippen LogP contribution in [0.25, 0.3) is 11.3 Å². The van der Waals surface area contributed by atoms with Crippen molar-refractivity contribution in [1.82, 2.24) is 5.16 Å². The van der Waals surface area contributed by atoms with Crippen LogP contribution in [0.4, 0.5) is 5.88 Å². The Morgan fingerprint density at radius 1 is 0.893 bits per heavy atom. The van der Waals surface area contributed by atoms with Crippen LogP contribution >= 0.6 is 11.8 Å². The highest BCUT2D eigenvalue weighted by molar-refractivity contribution is 7.99. The summed E-state index contributed by atoms with van der Waals surface area (Å²) in [6.07, 6.45) is 0. The van der Waals surface area contributed by atoms with E-state index in [1.807, 2.05) is 6.07 Å². The molecule has 3 nitrogen and oxygen atoms in total. The lowest BCUT2D eigenvalue weighted by molar-refractivity contribution is 0.398. The minimum Gasteiger partial charge on any atom is -0.337 e. The third-order valence-electron chi connectivity index (χ3n) is 4.86. The Bertz CT molecular complexity index is 913. The van der Waals surface area contributed by atoms with E-state index < -0.39 is 0 Å². The molecule has 3 rings (SSSR count). The van der Waals surface area contributed by atoms with Gasteiger partial charge in [-0.05, 0) is 71.7 Å². The van der Waals surface area contributed by atoms with Crippen LogP contribution in [0.5, 0.6) is 0 Å². The van der Waals surface area contributed by atoms with Gasteiger partial charge in [-0.3, -0.25) is 0 Å². The van der Waals surface area contributed by atoms with E-state index >= 15 is 0 Å². The first-order valence-electron chi connectivity index (χ1n) is 9.88. The number of rotatable bonds is 6. The summed E-state index contributed by atoms with van der Waals surface area (Å²) in [6, 6.07) is 15.5. The Balaban J connectivity index is 2.21. The highest BCUT2D eigenvalue weighted by atomic mass is 32.2. The van der Waals surface area contributed by atoms with Crippen LogP contribution in [-0.4, -0.2) is 17.2 Å². The molecular formula is C24H30N2OS. The average Bonchev–Trinajstić information content (AvgIpc) is 2.97. The number of nitrogens with zero attached hydrogens (tertiary/aromatic N) is 2. The summed E-state index contributed by atoms with van der Waals surface area (Å²) in [6.45, 7) is 15.2. The maximum absolute atomic E-state index is 6.00. The molecule has 0 unspecified atom stereocenters. The molecule has 3 aromatic rings. The van der Waals surface area contributed by atoms with Crippen molar-refractivity contribution in [2.45, 2.75) is 70.3 Å². The number of hydrogen-bond acceptors (Lipinski definition) is 4. The van der Waals surface area contributed by atoms with E-state index in [9.17, 15) is 0 Å². The third-order valence-corrected chi connectivity index (χ3v) is 5.94. The molecule has 1 aromatic heterocycles. The summed E-state index contributed by atoms with van der Waals surface area (Å²) in [5.41, 5.74) is 5.84. The Morgan fingerprint density at radius 3 is 2.00 bits per heavy atom. The van der Waals surface area contributed by atoms with Gasteiger partial charge in [-0.2, -0.15) is 0 Å². The molecule has 0 aliphatic rings. The lowest BCUT2D eigenvalue weighted by Crippen LogP contribution is -2.37. The maximum atomic E-state index is 6.00. The Morgan fingerprint density at radius 2 is 1.46 bits per heavy atom. The standard InChI is InChI=1S/C24H30N2OS/c1-15(2)26(16(3)4)24-23(28-20-11-9-8-10-12-20)22(25-27-24)21-18(6)13-17(5)14-19(21)7/h8-16H,1-7H3. The summed E-state index contributed by atoms with van der Waals surface area (Å²) in [5, 5.41) is 4.58. The van der Waals surface area contributed by atoms with Gasteiger partial charge in [0.05, 0.1) is 0 Å². The van der Waals surface area contributed by atoms with Gasteiger partial charge in [0, 0.05) is 22.5 Å². The van der Waals surface area contributed by atoms with Gasteiger partial charge in [-0.15, -0.1) is 0 Å². The van der Waals surface area contributed by atoms with Crippen LogP contribution in [0.15, 0.2) is 56.8 Å². The summed E-state index contributed by atoms with van der Waals surface area (Å²) in [7, 11) is 0. The van der Waals surface area contributed by atoms with Crippen molar-refractivity contribution in [3.63, 3.8) is 0 Å². The first kappa shape index (κ1) is 20.5. The number of aryl methyl sites for hydroxylation is 3. The highest BCUT2D eigenvalue weighted by Crippen LogP contribution is 2.45. The Kier molecular flexibility index (Phi) is 6.19. The number of anilines is 1. The molecule has 0 saturated heterocycles. The summed E-state index contributed by atoms with van der Waals surface area (Å²) in [5.74, 6) is 0.855. The summed E-state index contributed by atoms with van der Waals surface area (Å²) in [4.78, 5) is 4.58. The molecule has 0 bridgehead atoms. The molecule has 0 aliphatic heterocycles. The van der Waals surface area contributed by atoms with E-state index in [1.54, 1.807) is 11.8 Å². The van der Waals surface area contributed by atoms with Gasteiger partial charge in [0.25, 0.3) is 0 Å². The molecule has 0 saturated carbocycles. The van der Waals surface area contributed by atoms with E-state index in [-0.39, 0.29) is 0 Å². The molecule has 0 aliphatic carbocycles. The zero-order valence-electron chi connectivity index (χ0n) is 17.9. The molecule has 28 heavy (non-hydrogen) atoms. The second-order valence-electron chi connectivity index (χ2n) is 7.95. The van der Waals surface area contributed by atoms with Crippen molar-refractivity contribution in [3.8, 4) is 11.3 Å². The largest absolute Gasteiger partial charge is 0.337 e. The topological polar surface area (TPSA) is 29.3 Å². The molecule has 148 valence electrons. The highest BCUT2D eigenvalue weighted by Gasteiger charge is 2.28. The van der Waals surface area contributed by atoms with Crippen LogP contribution in [-0.2, 0) is 0 Å². The predicted octanol–water partition coefficient (Wildman–Crippen LogP) is 7.04. The zero-order chi connectivity index (χ0) is 20.4. The van der Waals surface area contributed by atoms with Gasteiger partial charge in [0.2, 0.25) is 5.88 Å². The minimum absolute atomic E-state index is 0.316. The zero-order valence-corrected chi connectivity index (χ0v) is 18.7. The molecule has 0 atom stereocenters. The fraction of sp³-hybridized carbons (Fsp3) is 0.375. The molecule has 4 heteroatoms. The van der Waals surface area contributed by atoms with Gasteiger partial charge in [-0.25, -0.2) is 0 Å². The van der Waals surface area contributed by atoms with Crippen molar-refractivity contribution >= 4 is 17.6 Å².